The molecule has 140 valence electrons. The van der Waals surface area contributed by atoms with Gasteiger partial charge in [0.2, 0.25) is 11.8 Å². The third kappa shape index (κ3) is 7.02. The lowest BCUT2D eigenvalue weighted by atomic mass is 10.1. The lowest BCUT2D eigenvalue weighted by molar-refractivity contribution is -0.131. The molecule has 0 spiro atoms. The van der Waals surface area contributed by atoms with Crippen LogP contribution in [0.25, 0.3) is 0 Å². The van der Waals surface area contributed by atoms with Gasteiger partial charge in [-0.15, -0.1) is 12.4 Å². The highest BCUT2D eigenvalue weighted by atomic mass is 35.5. The van der Waals surface area contributed by atoms with Crippen LogP contribution in [0, 0.1) is 0 Å². The van der Waals surface area contributed by atoms with Crippen LogP contribution in [-0.4, -0.2) is 48.6 Å². The molecular weight excluding hydrogens is 342 g/mol. The SMILES string of the molecule is CC(=O)N(Cc1ccc(NC(=O)CC2COCCN2)cc1)C(C)C.Cl. The molecule has 1 heterocycles. The van der Waals surface area contributed by atoms with Gasteiger partial charge in [-0.2, -0.15) is 0 Å². The van der Waals surface area contributed by atoms with Gasteiger partial charge in [-0.3, -0.25) is 9.59 Å². The molecule has 0 aromatic heterocycles. The van der Waals surface area contributed by atoms with Crippen LogP contribution in [0.1, 0.15) is 32.8 Å². The average Bonchev–Trinajstić information content (AvgIpc) is 2.54. The summed E-state index contributed by atoms with van der Waals surface area (Å²) >= 11 is 0. The van der Waals surface area contributed by atoms with E-state index < -0.39 is 0 Å². The van der Waals surface area contributed by atoms with E-state index in [1.165, 1.54) is 0 Å². The van der Waals surface area contributed by atoms with Crippen molar-refractivity contribution in [1.29, 1.82) is 0 Å². The molecule has 1 aliphatic heterocycles. The van der Waals surface area contributed by atoms with Crippen molar-refractivity contribution >= 4 is 29.9 Å². The number of carbonyl (C=O) groups excluding carboxylic acids is 2. The highest BCUT2D eigenvalue weighted by molar-refractivity contribution is 5.91. The molecule has 1 fully saturated rings. The van der Waals surface area contributed by atoms with Gasteiger partial charge >= 0.3 is 0 Å². The molecule has 0 radical (unpaired) electrons. The molecule has 0 aliphatic carbocycles. The number of amides is 2. The van der Waals surface area contributed by atoms with Gasteiger partial charge in [0.05, 0.1) is 13.2 Å². The zero-order valence-corrected chi connectivity index (χ0v) is 15.9. The standard InChI is InChI=1S/C18H27N3O3.ClH/c1-13(2)21(14(3)22)11-15-4-6-16(7-5-15)20-18(23)10-17-12-24-9-8-19-17;/h4-7,13,17,19H,8-12H2,1-3H3,(H,20,23);1H. The van der Waals surface area contributed by atoms with Crippen molar-refractivity contribution in [2.45, 2.75) is 45.8 Å². The molecule has 1 aromatic carbocycles. The van der Waals surface area contributed by atoms with Gasteiger partial charge in [0, 0.05) is 44.2 Å². The maximum atomic E-state index is 12.1. The maximum Gasteiger partial charge on any atom is 0.226 e. The number of hydrogen-bond acceptors (Lipinski definition) is 4. The van der Waals surface area contributed by atoms with Gasteiger partial charge < -0.3 is 20.3 Å². The van der Waals surface area contributed by atoms with Crippen molar-refractivity contribution in [1.82, 2.24) is 10.2 Å². The Balaban J connectivity index is 0.00000312. The van der Waals surface area contributed by atoms with Crippen molar-refractivity contribution in [3.8, 4) is 0 Å². The Morgan fingerprint density at radius 3 is 2.52 bits per heavy atom. The third-order valence-electron chi connectivity index (χ3n) is 4.05. The van der Waals surface area contributed by atoms with E-state index in [0.29, 0.717) is 26.2 Å². The normalized spacial score (nSPS) is 16.9. The summed E-state index contributed by atoms with van der Waals surface area (Å²) in [6.07, 6.45) is 0.396. The Kier molecular flexibility index (Phi) is 8.89. The van der Waals surface area contributed by atoms with Crippen LogP contribution in [-0.2, 0) is 20.9 Å². The second-order valence-corrected chi connectivity index (χ2v) is 6.42. The zero-order valence-electron chi connectivity index (χ0n) is 15.1. The number of anilines is 1. The monoisotopic (exact) mass is 369 g/mol. The number of halogens is 1. The van der Waals surface area contributed by atoms with Crippen molar-refractivity contribution < 1.29 is 14.3 Å². The molecule has 6 nitrogen and oxygen atoms in total. The molecule has 0 bridgehead atoms. The fourth-order valence-corrected chi connectivity index (χ4v) is 2.73. The molecule has 2 rings (SSSR count). The Hall–Kier alpha value is -1.63. The van der Waals surface area contributed by atoms with Crippen LogP contribution in [0.15, 0.2) is 24.3 Å². The van der Waals surface area contributed by atoms with E-state index in [1.807, 2.05) is 43.0 Å². The zero-order chi connectivity index (χ0) is 17.5. The van der Waals surface area contributed by atoms with Crippen LogP contribution in [0.2, 0.25) is 0 Å². The number of rotatable bonds is 6. The number of ether oxygens (including phenoxy) is 1. The van der Waals surface area contributed by atoms with Crippen molar-refractivity contribution in [2.24, 2.45) is 0 Å². The summed E-state index contributed by atoms with van der Waals surface area (Å²) in [6, 6.07) is 7.86. The molecule has 0 saturated carbocycles. The number of benzene rings is 1. The first-order valence-electron chi connectivity index (χ1n) is 8.43. The van der Waals surface area contributed by atoms with E-state index in [-0.39, 0.29) is 36.3 Å². The van der Waals surface area contributed by atoms with E-state index >= 15 is 0 Å². The van der Waals surface area contributed by atoms with E-state index in [0.717, 1.165) is 17.8 Å². The largest absolute Gasteiger partial charge is 0.378 e. The lowest BCUT2D eigenvalue weighted by Gasteiger charge is -2.25. The van der Waals surface area contributed by atoms with Gasteiger partial charge in [-0.05, 0) is 31.5 Å². The van der Waals surface area contributed by atoms with Crippen LogP contribution in [0.5, 0.6) is 0 Å². The number of nitrogens with zero attached hydrogens (tertiary/aromatic N) is 1. The van der Waals surface area contributed by atoms with E-state index in [1.54, 1.807) is 6.92 Å². The Labute approximate surface area is 155 Å². The third-order valence-corrected chi connectivity index (χ3v) is 4.05. The van der Waals surface area contributed by atoms with Crippen LogP contribution >= 0.6 is 12.4 Å². The quantitative estimate of drug-likeness (QED) is 0.806. The van der Waals surface area contributed by atoms with Gasteiger partial charge in [0.15, 0.2) is 0 Å². The second kappa shape index (κ2) is 10.4. The smallest absolute Gasteiger partial charge is 0.226 e. The number of morpholine rings is 1. The fraction of sp³-hybridized carbons (Fsp3) is 0.556. The summed E-state index contributed by atoms with van der Waals surface area (Å²) in [6.45, 7) is 8.21. The summed E-state index contributed by atoms with van der Waals surface area (Å²) < 4.78 is 5.35. The molecule has 25 heavy (non-hydrogen) atoms. The van der Waals surface area contributed by atoms with Gasteiger partial charge in [0.1, 0.15) is 0 Å². The molecular formula is C18H28ClN3O3. The summed E-state index contributed by atoms with van der Waals surface area (Å²) in [5.74, 6) is 0.0304. The van der Waals surface area contributed by atoms with Crippen molar-refractivity contribution in [3.63, 3.8) is 0 Å². The minimum Gasteiger partial charge on any atom is -0.378 e. The minimum absolute atomic E-state index is 0. The molecule has 2 N–H and O–H groups in total. The van der Waals surface area contributed by atoms with Crippen LogP contribution in [0.4, 0.5) is 5.69 Å². The molecule has 2 amide bonds. The number of hydrogen-bond donors (Lipinski definition) is 2. The van der Waals surface area contributed by atoms with Crippen LogP contribution < -0.4 is 10.6 Å². The summed E-state index contributed by atoms with van der Waals surface area (Å²) in [5.41, 5.74) is 1.80. The highest BCUT2D eigenvalue weighted by Gasteiger charge is 2.17. The Morgan fingerprint density at radius 2 is 2.00 bits per heavy atom. The molecule has 1 atom stereocenters. The molecule has 1 saturated heterocycles. The van der Waals surface area contributed by atoms with E-state index in [4.69, 9.17) is 4.74 Å². The second-order valence-electron chi connectivity index (χ2n) is 6.42. The van der Waals surface area contributed by atoms with E-state index in [9.17, 15) is 9.59 Å². The van der Waals surface area contributed by atoms with Crippen molar-refractivity contribution in [3.05, 3.63) is 29.8 Å². The van der Waals surface area contributed by atoms with Crippen molar-refractivity contribution in [2.75, 3.05) is 25.1 Å². The molecule has 1 aromatic rings. The summed E-state index contributed by atoms with van der Waals surface area (Å²) in [5, 5.41) is 6.16. The number of nitrogens with one attached hydrogen (secondary N) is 2. The van der Waals surface area contributed by atoms with Gasteiger partial charge in [0.25, 0.3) is 0 Å². The topological polar surface area (TPSA) is 70.7 Å². The lowest BCUT2D eigenvalue weighted by Crippen LogP contribution is -2.43. The maximum absolute atomic E-state index is 12.1. The first-order chi connectivity index (χ1) is 11.5. The molecule has 7 heteroatoms. The van der Waals surface area contributed by atoms with Gasteiger partial charge in [-0.1, -0.05) is 12.1 Å². The molecule has 1 aliphatic rings. The predicted octanol–water partition coefficient (Wildman–Crippen LogP) is 2.18. The minimum atomic E-state index is -0.0294. The summed E-state index contributed by atoms with van der Waals surface area (Å²) in [4.78, 5) is 25.5. The first kappa shape index (κ1) is 21.4. The molecule has 1 unspecified atom stereocenters. The van der Waals surface area contributed by atoms with E-state index in [2.05, 4.69) is 10.6 Å². The van der Waals surface area contributed by atoms with Gasteiger partial charge in [-0.25, -0.2) is 0 Å². The predicted molar refractivity (Wildman–Crippen MR) is 101 cm³/mol. The fourth-order valence-electron chi connectivity index (χ4n) is 2.73. The Morgan fingerprint density at radius 1 is 1.32 bits per heavy atom. The summed E-state index contributed by atoms with van der Waals surface area (Å²) in [7, 11) is 0. The van der Waals surface area contributed by atoms with Crippen LogP contribution in [0.3, 0.4) is 0 Å². The Bertz CT molecular complexity index is 557. The number of carbonyl (C=O) groups is 2. The highest BCUT2D eigenvalue weighted by Crippen LogP contribution is 2.14. The first-order valence-corrected chi connectivity index (χ1v) is 8.43. The average molecular weight is 370 g/mol.